The number of nitrogens with zero attached hydrogens (tertiary/aromatic N) is 1. The third-order valence-electron chi connectivity index (χ3n) is 7.17. The highest BCUT2D eigenvalue weighted by atomic mass is 16.2. The smallest absolute Gasteiger partial charge is 0.257 e. The van der Waals surface area contributed by atoms with Gasteiger partial charge >= 0.3 is 0 Å². The van der Waals surface area contributed by atoms with Crippen LogP contribution < -0.4 is 10.2 Å². The Morgan fingerprint density at radius 1 is 0.931 bits per heavy atom. The van der Waals surface area contributed by atoms with Gasteiger partial charge in [0.2, 0.25) is 11.8 Å². The largest absolute Gasteiger partial charge is 0.322 e. The number of amides is 3. The fourth-order valence-electron chi connectivity index (χ4n) is 5.58. The van der Waals surface area contributed by atoms with E-state index in [9.17, 15) is 14.4 Å². The first-order valence-electron chi connectivity index (χ1n) is 10.3. The molecule has 0 spiro atoms. The number of imide groups is 1. The minimum atomic E-state index is -0.310. The molecular formula is C24H24N2O3. The monoisotopic (exact) mass is 388 g/mol. The maximum atomic E-state index is 13.2. The first kappa shape index (κ1) is 18.1. The Morgan fingerprint density at radius 3 is 2.28 bits per heavy atom. The van der Waals surface area contributed by atoms with Crippen molar-refractivity contribution in [3.8, 4) is 0 Å². The van der Waals surface area contributed by atoms with Gasteiger partial charge < -0.3 is 5.32 Å². The second-order valence-corrected chi connectivity index (χ2v) is 8.62. The van der Waals surface area contributed by atoms with E-state index in [2.05, 4.69) is 5.32 Å². The fraction of sp³-hybridized carbons (Fsp3) is 0.375. The van der Waals surface area contributed by atoms with Crippen LogP contribution in [0, 0.1) is 37.5 Å². The number of carbonyl (C=O) groups is 3. The summed E-state index contributed by atoms with van der Waals surface area (Å²) in [6.07, 6.45) is 3.07. The molecule has 2 bridgehead atoms. The first-order chi connectivity index (χ1) is 14.0. The Bertz CT molecular complexity index is 1020. The van der Waals surface area contributed by atoms with Gasteiger partial charge in [-0.2, -0.15) is 0 Å². The van der Waals surface area contributed by atoms with Crippen LogP contribution in [0.1, 0.15) is 40.7 Å². The molecule has 5 heteroatoms. The molecule has 1 N–H and O–H groups in total. The molecule has 29 heavy (non-hydrogen) atoms. The predicted octanol–water partition coefficient (Wildman–Crippen LogP) is 4.09. The average Bonchev–Trinajstić information content (AvgIpc) is 3.39. The normalized spacial score (nSPS) is 27.4. The fourth-order valence-corrected chi connectivity index (χ4v) is 5.58. The topological polar surface area (TPSA) is 66.5 Å². The maximum Gasteiger partial charge on any atom is 0.257 e. The van der Waals surface area contributed by atoms with Gasteiger partial charge in [0.25, 0.3) is 5.91 Å². The molecule has 0 aromatic heterocycles. The lowest BCUT2D eigenvalue weighted by molar-refractivity contribution is -0.123. The summed E-state index contributed by atoms with van der Waals surface area (Å²) >= 11 is 0. The molecule has 1 aliphatic heterocycles. The number of hydrogen-bond acceptors (Lipinski definition) is 3. The van der Waals surface area contributed by atoms with Crippen molar-refractivity contribution in [2.75, 3.05) is 10.2 Å². The van der Waals surface area contributed by atoms with Gasteiger partial charge in [-0.05, 0) is 74.3 Å². The molecule has 5 rings (SSSR count). The van der Waals surface area contributed by atoms with Crippen LogP contribution >= 0.6 is 0 Å². The Balaban J connectivity index is 1.49. The molecule has 3 fully saturated rings. The van der Waals surface area contributed by atoms with Gasteiger partial charge in [0.05, 0.1) is 23.1 Å². The average molecular weight is 388 g/mol. The standard InChI is InChI=1S/C24H24N2O3/c1-13-6-5-8-18(14(13)2)25-22(27)17-7-3-4-9-19(17)26-23(28)20-15-10-11-16(12-15)21(20)24(26)29/h3-9,15-16,20-21H,10-12H2,1-2H3,(H,25,27)/t15-,16+,20-,21+. The molecule has 2 aromatic carbocycles. The lowest BCUT2D eigenvalue weighted by Gasteiger charge is -2.20. The molecular weight excluding hydrogens is 364 g/mol. The molecule has 5 nitrogen and oxygen atoms in total. The Hall–Kier alpha value is -2.95. The van der Waals surface area contributed by atoms with Crippen molar-refractivity contribution in [2.45, 2.75) is 33.1 Å². The second kappa shape index (κ2) is 6.55. The minimum Gasteiger partial charge on any atom is -0.322 e. The zero-order valence-electron chi connectivity index (χ0n) is 16.6. The summed E-state index contributed by atoms with van der Waals surface area (Å²) in [5.74, 6) is -0.314. The van der Waals surface area contributed by atoms with E-state index in [4.69, 9.17) is 0 Å². The summed E-state index contributed by atoms with van der Waals surface area (Å²) in [6, 6.07) is 12.7. The van der Waals surface area contributed by atoms with Crippen LogP contribution in [0.15, 0.2) is 42.5 Å². The number of nitrogens with one attached hydrogen (secondary N) is 1. The Labute approximate surface area is 170 Å². The van der Waals surface area contributed by atoms with Crippen LogP contribution in [0.5, 0.6) is 0 Å². The van der Waals surface area contributed by atoms with Gasteiger partial charge in [-0.1, -0.05) is 24.3 Å². The number of hydrogen-bond donors (Lipinski definition) is 1. The van der Waals surface area contributed by atoms with Crippen LogP contribution in [0.4, 0.5) is 11.4 Å². The molecule has 3 aliphatic rings. The molecule has 4 atom stereocenters. The van der Waals surface area contributed by atoms with Crippen molar-refractivity contribution in [1.82, 2.24) is 0 Å². The zero-order chi connectivity index (χ0) is 20.3. The van der Waals surface area contributed by atoms with Crippen LogP contribution in [-0.4, -0.2) is 17.7 Å². The molecule has 1 saturated heterocycles. The van der Waals surface area contributed by atoms with Crippen molar-refractivity contribution < 1.29 is 14.4 Å². The van der Waals surface area contributed by atoms with E-state index in [1.807, 2.05) is 32.0 Å². The SMILES string of the molecule is Cc1cccc(NC(=O)c2ccccc2N2C(=O)[C@@H]3[C@@H]4CC[C@@H](C4)[C@@H]3C2=O)c1C. The second-order valence-electron chi connectivity index (χ2n) is 8.62. The van der Waals surface area contributed by atoms with Crippen LogP contribution in [0.3, 0.4) is 0 Å². The summed E-state index contributed by atoms with van der Waals surface area (Å²) in [6.45, 7) is 3.95. The van der Waals surface area contributed by atoms with Crippen molar-refractivity contribution >= 4 is 29.1 Å². The van der Waals surface area contributed by atoms with Gasteiger partial charge in [0.15, 0.2) is 0 Å². The third-order valence-corrected chi connectivity index (χ3v) is 7.17. The molecule has 3 amide bonds. The van der Waals surface area contributed by atoms with E-state index in [0.29, 0.717) is 23.1 Å². The van der Waals surface area contributed by atoms with E-state index < -0.39 is 0 Å². The highest BCUT2D eigenvalue weighted by Gasteiger charge is 2.61. The Kier molecular flexibility index (Phi) is 4.09. The highest BCUT2D eigenvalue weighted by Crippen LogP contribution is 2.56. The molecule has 2 aliphatic carbocycles. The molecule has 2 saturated carbocycles. The number of carbonyl (C=O) groups excluding carboxylic acids is 3. The van der Waals surface area contributed by atoms with E-state index in [1.54, 1.807) is 24.3 Å². The maximum absolute atomic E-state index is 13.2. The lowest BCUT2D eigenvalue weighted by Crippen LogP contribution is -2.34. The molecule has 148 valence electrons. The number of para-hydroxylation sites is 1. The molecule has 1 heterocycles. The summed E-state index contributed by atoms with van der Waals surface area (Å²) in [7, 11) is 0. The number of rotatable bonds is 3. The lowest BCUT2D eigenvalue weighted by atomic mass is 9.81. The van der Waals surface area contributed by atoms with E-state index in [0.717, 1.165) is 36.1 Å². The van der Waals surface area contributed by atoms with Gasteiger partial charge in [-0.15, -0.1) is 0 Å². The van der Waals surface area contributed by atoms with Crippen molar-refractivity contribution in [3.63, 3.8) is 0 Å². The summed E-state index contributed by atoms with van der Waals surface area (Å²) in [5, 5.41) is 2.95. The van der Waals surface area contributed by atoms with Crippen LogP contribution in [0.2, 0.25) is 0 Å². The third kappa shape index (κ3) is 2.64. The molecule has 0 unspecified atom stereocenters. The van der Waals surface area contributed by atoms with Gasteiger partial charge in [-0.25, -0.2) is 4.90 Å². The van der Waals surface area contributed by atoms with Crippen molar-refractivity contribution in [3.05, 3.63) is 59.2 Å². The predicted molar refractivity (Wildman–Crippen MR) is 111 cm³/mol. The highest BCUT2D eigenvalue weighted by molar-refractivity contribution is 6.25. The van der Waals surface area contributed by atoms with E-state index in [1.165, 1.54) is 4.90 Å². The van der Waals surface area contributed by atoms with Gasteiger partial charge in [0, 0.05) is 5.69 Å². The van der Waals surface area contributed by atoms with Gasteiger partial charge in [0.1, 0.15) is 0 Å². The summed E-state index contributed by atoms with van der Waals surface area (Å²) in [5.41, 5.74) is 3.57. The van der Waals surface area contributed by atoms with Gasteiger partial charge in [-0.3, -0.25) is 14.4 Å². The zero-order valence-corrected chi connectivity index (χ0v) is 16.6. The van der Waals surface area contributed by atoms with Crippen LogP contribution in [-0.2, 0) is 9.59 Å². The van der Waals surface area contributed by atoms with Crippen molar-refractivity contribution in [2.24, 2.45) is 23.7 Å². The quantitative estimate of drug-likeness (QED) is 0.806. The van der Waals surface area contributed by atoms with Crippen LogP contribution in [0.25, 0.3) is 0 Å². The number of aryl methyl sites for hydroxylation is 1. The minimum absolute atomic E-state index is 0.126. The first-order valence-corrected chi connectivity index (χ1v) is 10.3. The Morgan fingerprint density at radius 2 is 1.59 bits per heavy atom. The van der Waals surface area contributed by atoms with E-state index >= 15 is 0 Å². The number of benzene rings is 2. The summed E-state index contributed by atoms with van der Waals surface area (Å²) < 4.78 is 0. The molecule has 2 aromatic rings. The van der Waals surface area contributed by atoms with E-state index in [-0.39, 0.29) is 29.6 Å². The van der Waals surface area contributed by atoms with Crippen molar-refractivity contribution in [1.29, 1.82) is 0 Å². The number of anilines is 2. The number of fused-ring (bicyclic) bond motifs is 5. The summed E-state index contributed by atoms with van der Waals surface area (Å²) in [4.78, 5) is 40.8. The molecule has 0 radical (unpaired) electrons.